The normalized spacial score (nSPS) is 38.2. The summed E-state index contributed by atoms with van der Waals surface area (Å²) in [7, 11) is 0. The van der Waals surface area contributed by atoms with Crippen LogP contribution < -0.4 is 0 Å². The maximum Gasteiger partial charge on any atom is 0.254 e. The zero-order valence-corrected chi connectivity index (χ0v) is 17.7. The summed E-state index contributed by atoms with van der Waals surface area (Å²) in [6, 6.07) is 0. The van der Waals surface area contributed by atoms with Crippen molar-refractivity contribution in [2.75, 3.05) is 26.2 Å². The molecule has 4 fully saturated rings. The molecule has 4 aliphatic rings. The standard InChI is InChI=1S/C23H38N2O3/c1-16-4-3-5-20(17(16)2)18-6-8-19(9-7-18)21(26)24-12-14-25(15-13-24)22(27)23(28)10-11-23/h16-20,28H,3-15H2,1-2H3. The van der Waals surface area contributed by atoms with Crippen LogP contribution in [-0.4, -0.2) is 58.5 Å². The first kappa shape index (κ1) is 20.2. The van der Waals surface area contributed by atoms with E-state index in [0.29, 0.717) is 44.9 Å². The van der Waals surface area contributed by atoms with E-state index in [0.717, 1.165) is 36.5 Å². The molecule has 0 aromatic heterocycles. The van der Waals surface area contributed by atoms with E-state index < -0.39 is 5.60 Å². The quantitative estimate of drug-likeness (QED) is 0.806. The zero-order chi connectivity index (χ0) is 19.9. The second-order valence-corrected chi connectivity index (χ2v) is 10.2. The molecule has 5 nitrogen and oxygen atoms in total. The predicted octanol–water partition coefficient (Wildman–Crippen LogP) is 3.06. The third-order valence-electron chi connectivity index (χ3n) is 8.50. The Morgan fingerprint density at radius 3 is 2.07 bits per heavy atom. The third-order valence-corrected chi connectivity index (χ3v) is 8.50. The van der Waals surface area contributed by atoms with Crippen LogP contribution in [0.4, 0.5) is 0 Å². The van der Waals surface area contributed by atoms with Gasteiger partial charge in [0.1, 0.15) is 5.60 Å². The van der Waals surface area contributed by atoms with Crippen LogP contribution >= 0.6 is 0 Å². The van der Waals surface area contributed by atoms with E-state index in [-0.39, 0.29) is 11.8 Å². The average molecular weight is 391 g/mol. The van der Waals surface area contributed by atoms with E-state index in [9.17, 15) is 14.7 Å². The summed E-state index contributed by atoms with van der Waals surface area (Å²) in [6.07, 6.45) is 9.84. The van der Waals surface area contributed by atoms with Crippen molar-refractivity contribution in [3.05, 3.63) is 0 Å². The first-order valence-corrected chi connectivity index (χ1v) is 11.7. The van der Waals surface area contributed by atoms with Gasteiger partial charge in [-0.2, -0.15) is 0 Å². The summed E-state index contributed by atoms with van der Waals surface area (Å²) < 4.78 is 0. The molecule has 5 heteroatoms. The second kappa shape index (κ2) is 7.97. The van der Waals surface area contributed by atoms with Gasteiger partial charge in [0, 0.05) is 32.1 Å². The molecule has 0 aromatic rings. The number of hydrogen-bond donors (Lipinski definition) is 1. The Bertz CT molecular complexity index is 587. The SMILES string of the molecule is CC1CCCC(C2CCC(C(=O)N3CCN(C(=O)C4(O)CC4)CC3)CC2)C1C. The monoisotopic (exact) mass is 390 g/mol. The first-order valence-electron chi connectivity index (χ1n) is 11.7. The lowest BCUT2D eigenvalue weighted by Gasteiger charge is -2.43. The molecule has 3 atom stereocenters. The topological polar surface area (TPSA) is 60.9 Å². The van der Waals surface area contributed by atoms with E-state index in [1.807, 2.05) is 4.90 Å². The molecule has 1 heterocycles. The lowest BCUT2D eigenvalue weighted by molar-refractivity contribution is -0.148. The summed E-state index contributed by atoms with van der Waals surface area (Å²) >= 11 is 0. The van der Waals surface area contributed by atoms with E-state index in [2.05, 4.69) is 13.8 Å². The van der Waals surface area contributed by atoms with Crippen molar-refractivity contribution in [2.45, 2.75) is 77.2 Å². The fraction of sp³-hybridized carbons (Fsp3) is 0.913. The molecular formula is C23H38N2O3. The number of carbonyl (C=O) groups excluding carboxylic acids is 2. The molecule has 3 aliphatic carbocycles. The Labute approximate surface area is 169 Å². The van der Waals surface area contributed by atoms with Gasteiger partial charge in [-0.05, 0) is 68.6 Å². The molecule has 1 N–H and O–H groups in total. The molecule has 0 bridgehead atoms. The van der Waals surface area contributed by atoms with Gasteiger partial charge < -0.3 is 14.9 Å². The predicted molar refractivity (Wildman–Crippen MR) is 108 cm³/mol. The fourth-order valence-corrected chi connectivity index (χ4v) is 6.10. The number of nitrogens with zero attached hydrogens (tertiary/aromatic N) is 2. The third kappa shape index (κ3) is 3.96. The Kier molecular flexibility index (Phi) is 5.74. The maximum absolute atomic E-state index is 13.0. The van der Waals surface area contributed by atoms with Crippen LogP contribution in [-0.2, 0) is 9.59 Å². The molecule has 1 saturated heterocycles. The van der Waals surface area contributed by atoms with Gasteiger partial charge in [0.25, 0.3) is 5.91 Å². The van der Waals surface area contributed by atoms with Gasteiger partial charge in [-0.15, -0.1) is 0 Å². The van der Waals surface area contributed by atoms with Crippen molar-refractivity contribution in [1.82, 2.24) is 9.80 Å². The Morgan fingerprint density at radius 1 is 0.857 bits per heavy atom. The second-order valence-electron chi connectivity index (χ2n) is 10.2. The van der Waals surface area contributed by atoms with Crippen molar-refractivity contribution < 1.29 is 14.7 Å². The highest BCUT2D eigenvalue weighted by Crippen LogP contribution is 2.45. The van der Waals surface area contributed by atoms with E-state index in [4.69, 9.17) is 0 Å². The van der Waals surface area contributed by atoms with Crippen LogP contribution in [0.1, 0.15) is 71.6 Å². The lowest BCUT2D eigenvalue weighted by atomic mass is 9.64. The summed E-state index contributed by atoms with van der Waals surface area (Å²) in [4.78, 5) is 29.0. The number of piperazine rings is 1. The van der Waals surface area contributed by atoms with E-state index in [1.54, 1.807) is 4.90 Å². The minimum atomic E-state index is -1.09. The van der Waals surface area contributed by atoms with Crippen LogP contribution in [0.15, 0.2) is 0 Å². The number of rotatable bonds is 3. The zero-order valence-electron chi connectivity index (χ0n) is 17.7. The van der Waals surface area contributed by atoms with Crippen LogP contribution in [0, 0.1) is 29.6 Å². The Morgan fingerprint density at radius 2 is 1.46 bits per heavy atom. The molecule has 0 aromatic carbocycles. The van der Waals surface area contributed by atoms with Gasteiger partial charge >= 0.3 is 0 Å². The van der Waals surface area contributed by atoms with Crippen molar-refractivity contribution in [2.24, 2.45) is 29.6 Å². The molecular weight excluding hydrogens is 352 g/mol. The van der Waals surface area contributed by atoms with Gasteiger partial charge in [-0.3, -0.25) is 9.59 Å². The summed E-state index contributed by atoms with van der Waals surface area (Å²) in [5.41, 5.74) is -1.09. The molecule has 3 saturated carbocycles. The molecule has 4 rings (SSSR count). The molecule has 1 aliphatic heterocycles. The average Bonchev–Trinajstić information content (AvgIpc) is 3.48. The molecule has 28 heavy (non-hydrogen) atoms. The Balaban J connectivity index is 1.24. The molecule has 0 radical (unpaired) electrons. The van der Waals surface area contributed by atoms with Crippen LogP contribution in [0.2, 0.25) is 0 Å². The van der Waals surface area contributed by atoms with Gasteiger partial charge in [0.2, 0.25) is 5.91 Å². The number of carbonyl (C=O) groups is 2. The highest BCUT2D eigenvalue weighted by atomic mass is 16.3. The number of hydrogen-bond acceptors (Lipinski definition) is 3. The van der Waals surface area contributed by atoms with Crippen molar-refractivity contribution >= 4 is 11.8 Å². The van der Waals surface area contributed by atoms with E-state index in [1.165, 1.54) is 32.1 Å². The minimum Gasteiger partial charge on any atom is -0.380 e. The summed E-state index contributed by atoms with van der Waals surface area (Å²) in [6.45, 7) is 7.25. The van der Waals surface area contributed by atoms with Crippen LogP contribution in [0.25, 0.3) is 0 Å². The first-order chi connectivity index (χ1) is 13.4. The fourth-order valence-electron chi connectivity index (χ4n) is 6.10. The molecule has 158 valence electrons. The largest absolute Gasteiger partial charge is 0.380 e. The summed E-state index contributed by atoms with van der Waals surface area (Å²) in [5.74, 6) is 3.72. The smallest absolute Gasteiger partial charge is 0.254 e. The highest BCUT2D eigenvalue weighted by molar-refractivity contribution is 5.88. The van der Waals surface area contributed by atoms with Crippen LogP contribution in [0.5, 0.6) is 0 Å². The summed E-state index contributed by atoms with van der Waals surface area (Å²) in [5, 5.41) is 10.0. The van der Waals surface area contributed by atoms with Gasteiger partial charge in [-0.25, -0.2) is 0 Å². The van der Waals surface area contributed by atoms with E-state index >= 15 is 0 Å². The maximum atomic E-state index is 13.0. The van der Waals surface area contributed by atoms with Gasteiger partial charge in [0.15, 0.2) is 0 Å². The van der Waals surface area contributed by atoms with Gasteiger partial charge in [-0.1, -0.05) is 26.7 Å². The highest BCUT2D eigenvalue weighted by Gasteiger charge is 2.50. The molecule has 0 spiro atoms. The molecule has 3 unspecified atom stereocenters. The van der Waals surface area contributed by atoms with Gasteiger partial charge in [0.05, 0.1) is 0 Å². The van der Waals surface area contributed by atoms with Crippen molar-refractivity contribution in [1.29, 1.82) is 0 Å². The van der Waals surface area contributed by atoms with Crippen molar-refractivity contribution in [3.8, 4) is 0 Å². The Hall–Kier alpha value is -1.10. The molecule has 2 amide bonds. The van der Waals surface area contributed by atoms with Crippen LogP contribution in [0.3, 0.4) is 0 Å². The number of amides is 2. The minimum absolute atomic E-state index is 0.129. The lowest BCUT2D eigenvalue weighted by Crippen LogP contribution is -2.54. The number of aliphatic hydroxyl groups is 1. The van der Waals surface area contributed by atoms with Crippen molar-refractivity contribution in [3.63, 3.8) is 0 Å².